The smallest absolute Gasteiger partial charge is 0.168 e. The standard InChI is InChI=1S/C7H12O3S/c1-9-2-6(8)5-11-7-3-10-4-7/h7H,2-5H2,1H3. The summed E-state index contributed by atoms with van der Waals surface area (Å²) in [7, 11) is 1.54. The van der Waals surface area contributed by atoms with Crippen LogP contribution >= 0.6 is 11.8 Å². The molecule has 1 aliphatic rings. The van der Waals surface area contributed by atoms with Crippen LogP contribution in [-0.2, 0) is 14.3 Å². The summed E-state index contributed by atoms with van der Waals surface area (Å²) < 4.78 is 9.66. The molecule has 0 aromatic rings. The largest absolute Gasteiger partial charge is 0.379 e. The molecule has 0 amide bonds. The van der Waals surface area contributed by atoms with Gasteiger partial charge in [0, 0.05) is 7.11 Å². The lowest BCUT2D eigenvalue weighted by molar-refractivity contribution is -0.120. The van der Waals surface area contributed by atoms with Gasteiger partial charge in [0.2, 0.25) is 0 Å². The highest BCUT2D eigenvalue weighted by Crippen LogP contribution is 2.18. The van der Waals surface area contributed by atoms with Crippen LogP contribution in [0.2, 0.25) is 0 Å². The van der Waals surface area contributed by atoms with E-state index in [0.717, 1.165) is 13.2 Å². The lowest BCUT2D eigenvalue weighted by Gasteiger charge is -2.24. The van der Waals surface area contributed by atoms with E-state index in [-0.39, 0.29) is 12.4 Å². The van der Waals surface area contributed by atoms with Gasteiger partial charge in [-0.1, -0.05) is 0 Å². The highest BCUT2D eigenvalue weighted by Gasteiger charge is 2.19. The van der Waals surface area contributed by atoms with Gasteiger partial charge in [-0.2, -0.15) is 0 Å². The zero-order valence-corrected chi connectivity index (χ0v) is 7.36. The van der Waals surface area contributed by atoms with Gasteiger partial charge in [-0.3, -0.25) is 4.79 Å². The predicted octanol–water partition coefficient (Wildman–Crippen LogP) is 0.334. The van der Waals surface area contributed by atoms with Crippen molar-refractivity contribution in [2.75, 3.05) is 32.7 Å². The first-order valence-corrected chi connectivity index (χ1v) is 4.58. The number of rotatable bonds is 5. The Morgan fingerprint density at radius 1 is 1.73 bits per heavy atom. The van der Waals surface area contributed by atoms with Crippen LogP contribution in [0.3, 0.4) is 0 Å². The van der Waals surface area contributed by atoms with Crippen molar-refractivity contribution in [2.45, 2.75) is 5.25 Å². The molecule has 1 fully saturated rings. The highest BCUT2D eigenvalue weighted by atomic mass is 32.2. The summed E-state index contributed by atoms with van der Waals surface area (Å²) in [6.45, 7) is 1.83. The van der Waals surface area contributed by atoms with Crippen LogP contribution in [0.1, 0.15) is 0 Å². The fourth-order valence-corrected chi connectivity index (χ4v) is 1.61. The maximum Gasteiger partial charge on any atom is 0.168 e. The first-order valence-electron chi connectivity index (χ1n) is 3.53. The second kappa shape index (κ2) is 4.74. The zero-order chi connectivity index (χ0) is 8.10. The van der Waals surface area contributed by atoms with Crippen LogP contribution in [0, 0.1) is 0 Å². The molecule has 0 spiro atoms. The minimum atomic E-state index is 0.157. The van der Waals surface area contributed by atoms with Crippen LogP contribution in [-0.4, -0.2) is 43.7 Å². The fourth-order valence-electron chi connectivity index (χ4n) is 0.724. The SMILES string of the molecule is COCC(=O)CSC1COC1. The number of methoxy groups -OCH3 is 1. The van der Waals surface area contributed by atoms with Crippen molar-refractivity contribution >= 4 is 17.5 Å². The summed E-state index contributed by atoms with van der Waals surface area (Å²) in [5.74, 6) is 0.714. The molecule has 64 valence electrons. The molecule has 1 aliphatic heterocycles. The molecule has 0 aromatic heterocycles. The van der Waals surface area contributed by atoms with Gasteiger partial charge in [-0.25, -0.2) is 0 Å². The number of ketones is 1. The molecule has 0 atom stereocenters. The van der Waals surface area contributed by atoms with Gasteiger partial charge in [0.1, 0.15) is 6.61 Å². The average molecular weight is 176 g/mol. The van der Waals surface area contributed by atoms with Crippen LogP contribution in [0.5, 0.6) is 0 Å². The molecule has 0 bridgehead atoms. The number of carbonyl (C=O) groups is 1. The van der Waals surface area contributed by atoms with Crippen LogP contribution in [0.15, 0.2) is 0 Å². The molecule has 0 aromatic carbocycles. The summed E-state index contributed by atoms with van der Waals surface area (Å²) in [6.07, 6.45) is 0. The van der Waals surface area contributed by atoms with E-state index >= 15 is 0 Å². The van der Waals surface area contributed by atoms with Gasteiger partial charge in [0.15, 0.2) is 5.78 Å². The molecule has 3 nitrogen and oxygen atoms in total. The molecule has 4 heteroatoms. The Kier molecular flexibility index (Phi) is 3.90. The quantitative estimate of drug-likeness (QED) is 0.605. The minimum absolute atomic E-state index is 0.157. The molecular formula is C7H12O3S. The molecule has 0 radical (unpaired) electrons. The molecule has 0 saturated carbocycles. The van der Waals surface area contributed by atoms with E-state index in [2.05, 4.69) is 0 Å². The number of hydrogen-bond acceptors (Lipinski definition) is 4. The first-order chi connectivity index (χ1) is 5.33. The van der Waals surface area contributed by atoms with Crippen molar-refractivity contribution in [1.29, 1.82) is 0 Å². The van der Waals surface area contributed by atoms with E-state index < -0.39 is 0 Å². The van der Waals surface area contributed by atoms with Crippen molar-refractivity contribution in [3.05, 3.63) is 0 Å². The van der Waals surface area contributed by atoms with Crippen LogP contribution < -0.4 is 0 Å². The van der Waals surface area contributed by atoms with Gasteiger partial charge >= 0.3 is 0 Å². The summed E-state index contributed by atoms with van der Waals surface area (Å²) in [5, 5.41) is 0.538. The summed E-state index contributed by atoms with van der Waals surface area (Å²) in [4.78, 5) is 10.9. The van der Waals surface area contributed by atoms with Gasteiger partial charge < -0.3 is 9.47 Å². The highest BCUT2D eigenvalue weighted by molar-refractivity contribution is 8.00. The number of thioether (sulfide) groups is 1. The van der Waals surface area contributed by atoms with Crippen molar-refractivity contribution in [1.82, 2.24) is 0 Å². The van der Waals surface area contributed by atoms with E-state index in [4.69, 9.17) is 9.47 Å². The maximum absolute atomic E-state index is 10.9. The molecule has 1 saturated heterocycles. The van der Waals surface area contributed by atoms with Crippen molar-refractivity contribution in [2.24, 2.45) is 0 Å². The molecule has 11 heavy (non-hydrogen) atoms. The van der Waals surface area contributed by atoms with Crippen LogP contribution in [0.25, 0.3) is 0 Å². The van der Waals surface area contributed by atoms with Gasteiger partial charge in [0.05, 0.1) is 24.2 Å². The number of ether oxygens (including phenoxy) is 2. The summed E-state index contributed by atoms with van der Waals surface area (Å²) >= 11 is 1.66. The molecular weight excluding hydrogens is 164 g/mol. The third-order valence-electron chi connectivity index (χ3n) is 1.39. The van der Waals surface area contributed by atoms with Gasteiger partial charge in [-0.15, -0.1) is 11.8 Å². The fraction of sp³-hybridized carbons (Fsp3) is 0.857. The third-order valence-corrected chi connectivity index (χ3v) is 2.63. The van der Waals surface area contributed by atoms with Crippen molar-refractivity contribution in [3.8, 4) is 0 Å². The second-order valence-corrected chi connectivity index (χ2v) is 3.73. The summed E-state index contributed by atoms with van der Waals surface area (Å²) in [6, 6.07) is 0. The molecule has 1 heterocycles. The summed E-state index contributed by atoms with van der Waals surface area (Å²) in [5.41, 5.74) is 0. The van der Waals surface area contributed by atoms with E-state index in [1.807, 2.05) is 0 Å². The Hall–Kier alpha value is -0.0600. The third kappa shape index (κ3) is 3.22. The Balaban J connectivity index is 1.96. The first kappa shape index (κ1) is 9.03. The lowest BCUT2D eigenvalue weighted by atomic mass is 10.4. The van der Waals surface area contributed by atoms with E-state index in [9.17, 15) is 4.79 Å². The average Bonchev–Trinajstić information content (AvgIpc) is 1.85. The normalized spacial score (nSPS) is 17.9. The minimum Gasteiger partial charge on any atom is -0.379 e. The van der Waals surface area contributed by atoms with E-state index in [1.165, 1.54) is 7.11 Å². The number of Topliss-reactive ketones (excluding diaryl/α,β-unsaturated/α-hetero) is 1. The molecule has 0 unspecified atom stereocenters. The van der Waals surface area contributed by atoms with Crippen molar-refractivity contribution in [3.63, 3.8) is 0 Å². The second-order valence-electron chi connectivity index (χ2n) is 2.44. The van der Waals surface area contributed by atoms with Crippen molar-refractivity contribution < 1.29 is 14.3 Å². The maximum atomic E-state index is 10.9. The predicted molar refractivity (Wildman–Crippen MR) is 43.9 cm³/mol. The monoisotopic (exact) mass is 176 g/mol. The molecule has 1 rings (SSSR count). The van der Waals surface area contributed by atoms with Gasteiger partial charge in [-0.05, 0) is 0 Å². The topological polar surface area (TPSA) is 35.5 Å². The van der Waals surface area contributed by atoms with Crippen LogP contribution in [0.4, 0.5) is 0 Å². The molecule has 0 aliphatic carbocycles. The Bertz CT molecular complexity index is 134. The number of carbonyl (C=O) groups excluding carboxylic acids is 1. The lowest BCUT2D eigenvalue weighted by Crippen LogP contribution is -2.31. The number of hydrogen-bond donors (Lipinski definition) is 0. The van der Waals surface area contributed by atoms with E-state index in [0.29, 0.717) is 11.0 Å². The van der Waals surface area contributed by atoms with Gasteiger partial charge in [0.25, 0.3) is 0 Å². The molecule has 0 N–H and O–H groups in total. The Labute approximate surface area is 70.4 Å². The Morgan fingerprint density at radius 2 is 2.45 bits per heavy atom. The zero-order valence-electron chi connectivity index (χ0n) is 6.54. The Morgan fingerprint density at radius 3 is 2.91 bits per heavy atom. The van der Waals surface area contributed by atoms with E-state index in [1.54, 1.807) is 11.8 Å².